The van der Waals surface area contributed by atoms with Gasteiger partial charge in [-0.15, -0.1) is 0 Å². The zero-order valence-corrected chi connectivity index (χ0v) is 17.4. The van der Waals surface area contributed by atoms with Crippen molar-refractivity contribution in [1.29, 1.82) is 0 Å². The highest BCUT2D eigenvalue weighted by molar-refractivity contribution is 9.10. The van der Waals surface area contributed by atoms with Crippen LogP contribution in [0.5, 0.6) is 0 Å². The van der Waals surface area contributed by atoms with E-state index in [1.165, 1.54) is 17.7 Å². The second-order valence-electron chi connectivity index (χ2n) is 6.34. The van der Waals surface area contributed by atoms with E-state index < -0.39 is 18.8 Å². The van der Waals surface area contributed by atoms with Gasteiger partial charge in [0.25, 0.3) is 0 Å². The molecular weight excluding hydrogens is 455 g/mol. The predicted octanol–water partition coefficient (Wildman–Crippen LogP) is 4.36. The first-order chi connectivity index (χ1) is 13.1. The summed E-state index contributed by atoms with van der Waals surface area (Å²) in [5.41, 5.74) is -3.21. The molecule has 3 N–H and O–H groups in total. The molecule has 2 aromatic rings. The lowest BCUT2D eigenvalue weighted by Crippen LogP contribution is -2.25. The maximum absolute atomic E-state index is 13.8. The third-order valence-corrected chi connectivity index (χ3v) is 5.80. The summed E-state index contributed by atoms with van der Waals surface area (Å²) >= 11 is 2.94. The second kappa shape index (κ2) is 9.74. The molecule has 0 saturated heterocycles. The van der Waals surface area contributed by atoms with Gasteiger partial charge in [0.1, 0.15) is 0 Å². The average molecular weight is 476 g/mol. The van der Waals surface area contributed by atoms with Gasteiger partial charge in [-0.05, 0) is 36.5 Å². The number of benzene rings is 2. The van der Waals surface area contributed by atoms with Gasteiger partial charge in [0, 0.05) is 23.0 Å². The van der Waals surface area contributed by atoms with Crippen LogP contribution >= 0.6 is 23.5 Å². The molecule has 0 bridgehead atoms. The zero-order valence-electron chi connectivity index (χ0n) is 14.9. The van der Waals surface area contributed by atoms with Gasteiger partial charge in [0.15, 0.2) is 0 Å². The van der Waals surface area contributed by atoms with Gasteiger partial charge in [-0.1, -0.05) is 58.4 Å². The van der Waals surface area contributed by atoms with Crippen LogP contribution in [0, 0.1) is 0 Å². The number of nitrogens with one attached hydrogen (secondary N) is 1. The van der Waals surface area contributed by atoms with Crippen molar-refractivity contribution in [2.45, 2.75) is 31.3 Å². The maximum Gasteiger partial charge on any atom is 0.399 e. The van der Waals surface area contributed by atoms with E-state index in [9.17, 15) is 18.1 Å². The Bertz CT molecular complexity index is 858. The fourth-order valence-corrected chi connectivity index (χ4v) is 3.98. The Labute approximate surface area is 170 Å². The number of hydrogen-bond acceptors (Lipinski definition) is 2. The monoisotopic (exact) mass is 475 g/mol. The normalized spacial score (nSPS) is 12.0. The topological polar surface area (TPSA) is 86.6 Å². The van der Waals surface area contributed by atoms with E-state index in [0.717, 1.165) is 18.9 Å². The standard InChI is InChI=1S/C19H21BrF2NO4P/c20-17-13-15(9-10-16(17)19(21,22)28(25,26)27)11-12-23-18(24)8-4-7-14-5-2-1-3-6-14/h1-3,5-6,9-10,13H,4,7-8,11-12H2,(H,23,24)(H2,25,26,27). The summed E-state index contributed by atoms with van der Waals surface area (Å²) in [4.78, 5) is 29.5. The first-order valence-corrected chi connectivity index (χ1v) is 11.0. The van der Waals surface area contributed by atoms with Crippen LogP contribution in [-0.2, 0) is 27.9 Å². The first-order valence-electron chi connectivity index (χ1n) is 8.64. The summed E-state index contributed by atoms with van der Waals surface area (Å²) in [7, 11) is -5.62. The molecule has 0 radical (unpaired) electrons. The molecule has 9 heteroatoms. The Kier molecular flexibility index (Phi) is 7.89. The number of amides is 1. The molecule has 1 amide bonds. The lowest BCUT2D eigenvalue weighted by atomic mass is 10.1. The molecule has 28 heavy (non-hydrogen) atoms. The SMILES string of the molecule is O=C(CCCc1ccccc1)NCCc1ccc(C(F)(F)P(=O)(O)O)c(Br)c1. The van der Waals surface area contributed by atoms with Gasteiger partial charge in [-0.3, -0.25) is 9.36 Å². The minimum absolute atomic E-state index is 0.0837. The summed E-state index contributed by atoms with van der Waals surface area (Å²) in [6.45, 7) is 0.338. The molecule has 0 atom stereocenters. The zero-order chi connectivity index (χ0) is 20.8. The minimum Gasteiger partial charge on any atom is -0.356 e. The van der Waals surface area contributed by atoms with Crippen LogP contribution in [0.3, 0.4) is 0 Å². The van der Waals surface area contributed by atoms with E-state index in [0.29, 0.717) is 24.9 Å². The van der Waals surface area contributed by atoms with Gasteiger partial charge in [0.2, 0.25) is 5.91 Å². The van der Waals surface area contributed by atoms with Crippen LogP contribution in [0.1, 0.15) is 29.5 Å². The van der Waals surface area contributed by atoms with Crippen LogP contribution in [0.25, 0.3) is 0 Å². The van der Waals surface area contributed by atoms with Crippen molar-refractivity contribution in [3.8, 4) is 0 Å². The molecule has 0 aromatic heterocycles. The molecule has 5 nitrogen and oxygen atoms in total. The number of carbonyl (C=O) groups is 1. The molecule has 152 valence electrons. The third-order valence-electron chi connectivity index (χ3n) is 4.17. The Morgan fingerprint density at radius 1 is 1.07 bits per heavy atom. The van der Waals surface area contributed by atoms with Crippen LogP contribution in [0.4, 0.5) is 8.78 Å². The van der Waals surface area contributed by atoms with E-state index >= 15 is 0 Å². The van der Waals surface area contributed by atoms with Crippen molar-refractivity contribution in [2.24, 2.45) is 0 Å². The third kappa shape index (κ3) is 6.21. The summed E-state index contributed by atoms with van der Waals surface area (Å²) in [5.74, 6) is -0.0837. The Morgan fingerprint density at radius 3 is 2.36 bits per heavy atom. The minimum atomic E-state index is -5.62. The van der Waals surface area contributed by atoms with Crippen molar-refractivity contribution < 1.29 is 27.9 Å². The highest BCUT2D eigenvalue weighted by Crippen LogP contribution is 2.60. The fourth-order valence-electron chi connectivity index (χ4n) is 2.65. The van der Waals surface area contributed by atoms with Crippen LogP contribution in [0.15, 0.2) is 53.0 Å². The Morgan fingerprint density at radius 2 is 1.75 bits per heavy atom. The molecule has 0 spiro atoms. The number of aryl methyl sites for hydroxylation is 1. The molecular formula is C19H21BrF2NO4P. The van der Waals surface area contributed by atoms with Crippen molar-refractivity contribution in [2.75, 3.05) is 6.54 Å². The fraction of sp³-hybridized carbons (Fsp3) is 0.316. The van der Waals surface area contributed by atoms with Crippen molar-refractivity contribution in [1.82, 2.24) is 5.32 Å². The molecule has 0 aliphatic rings. The molecule has 0 aliphatic heterocycles. The van der Waals surface area contributed by atoms with Crippen molar-refractivity contribution >= 4 is 29.4 Å². The molecule has 0 fully saturated rings. The summed E-state index contributed by atoms with van der Waals surface area (Å²) in [5, 5.41) is 2.78. The molecule has 0 aliphatic carbocycles. The molecule has 2 aromatic carbocycles. The highest BCUT2D eigenvalue weighted by atomic mass is 79.9. The number of halogens is 3. The first kappa shape index (κ1) is 22.7. The van der Waals surface area contributed by atoms with E-state index in [1.807, 2.05) is 30.3 Å². The van der Waals surface area contributed by atoms with Crippen LogP contribution in [-0.4, -0.2) is 22.2 Å². The second-order valence-corrected chi connectivity index (χ2v) is 8.84. The highest BCUT2D eigenvalue weighted by Gasteiger charge is 2.51. The number of rotatable bonds is 9. The largest absolute Gasteiger partial charge is 0.399 e. The van der Waals surface area contributed by atoms with Gasteiger partial charge in [-0.2, -0.15) is 8.78 Å². The van der Waals surface area contributed by atoms with Gasteiger partial charge in [-0.25, -0.2) is 0 Å². The summed E-state index contributed by atoms with van der Waals surface area (Å²) in [6.07, 6.45) is 2.35. The Hall–Kier alpha value is -1.60. The predicted molar refractivity (Wildman–Crippen MR) is 106 cm³/mol. The molecule has 0 unspecified atom stereocenters. The summed E-state index contributed by atoms with van der Waals surface area (Å²) in [6, 6.07) is 13.6. The number of alkyl halides is 2. The molecule has 0 heterocycles. The van der Waals surface area contributed by atoms with Crippen molar-refractivity contribution in [3.63, 3.8) is 0 Å². The summed E-state index contributed by atoms with van der Waals surface area (Å²) < 4.78 is 38.5. The van der Waals surface area contributed by atoms with Crippen LogP contribution < -0.4 is 5.32 Å². The molecule has 0 saturated carbocycles. The Balaban J connectivity index is 1.81. The number of hydrogen-bond donors (Lipinski definition) is 3. The van der Waals surface area contributed by atoms with Gasteiger partial charge >= 0.3 is 13.3 Å². The quantitative estimate of drug-likeness (QED) is 0.470. The average Bonchev–Trinajstić information content (AvgIpc) is 2.61. The van der Waals surface area contributed by atoms with E-state index in [-0.39, 0.29) is 10.4 Å². The van der Waals surface area contributed by atoms with Crippen LogP contribution in [0.2, 0.25) is 0 Å². The lowest BCUT2D eigenvalue weighted by Gasteiger charge is -2.19. The lowest BCUT2D eigenvalue weighted by molar-refractivity contribution is -0.121. The smallest absolute Gasteiger partial charge is 0.356 e. The van der Waals surface area contributed by atoms with E-state index in [4.69, 9.17) is 9.79 Å². The van der Waals surface area contributed by atoms with E-state index in [2.05, 4.69) is 21.2 Å². The van der Waals surface area contributed by atoms with Crippen molar-refractivity contribution in [3.05, 3.63) is 69.7 Å². The number of carbonyl (C=O) groups excluding carboxylic acids is 1. The van der Waals surface area contributed by atoms with Gasteiger partial charge in [0.05, 0.1) is 0 Å². The molecule has 2 rings (SSSR count). The van der Waals surface area contributed by atoms with E-state index in [1.54, 1.807) is 0 Å². The maximum atomic E-state index is 13.8. The van der Waals surface area contributed by atoms with Gasteiger partial charge < -0.3 is 15.1 Å².